The normalized spacial score (nSPS) is 16.7. The molecule has 1 aromatic carbocycles. The number of carbonyl (C=O) groups excluding carboxylic acids is 2. The van der Waals surface area contributed by atoms with Crippen LogP contribution < -0.4 is 15.6 Å². The van der Waals surface area contributed by atoms with E-state index in [1.165, 1.54) is 10.6 Å². The zero-order chi connectivity index (χ0) is 21.5. The SMILES string of the molecule is Cc1cc(=O)n(C2CCC(=O)NC2=O)c2cc(OCCCCCCCCO)ccc12. The number of fused-ring (bicyclic) bond motifs is 1. The van der Waals surface area contributed by atoms with E-state index in [0.717, 1.165) is 49.5 Å². The maximum Gasteiger partial charge on any atom is 0.252 e. The molecule has 2 amide bonds. The number of rotatable bonds is 10. The first-order valence-corrected chi connectivity index (χ1v) is 10.7. The molecular weight excluding hydrogens is 384 g/mol. The molecule has 1 fully saturated rings. The topological polar surface area (TPSA) is 97.6 Å². The minimum Gasteiger partial charge on any atom is -0.494 e. The number of amides is 2. The van der Waals surface area contributed by atoms with Gasteiger partial charge in [0, 0.05) is 30.5 Å². The van der Waals surface area contributed by atoms with Gasteiger partial charge in [0.2, 0.25) is 11.8 Å². The molecule has 1 atom stereocenters. The van der Waals surface area contributed by atoms with Crippen molar-refractivity contribution >= 4 is 22.7 Å². The number of hydrogen-bond donors (Lipinski definition) is 2. The van der Waals surface area contributed by atoms with Gasteiger partial charge in [-0.25, -0.2) is 0 Å². The maximum absolute atomic E-state index is 12.7. The number of unbranched alkanes of at least 4 members (excludes halogenated alkanes) is 5. The summed E-state index contributed by atoms with van der Waals surface area (Å²) in [6.07, 6.45) is 6.69. The first kappa shape index (κ1) is 22.0. The van der Waals surface area contributed by atoms with Crippen LogP contribution in [0.5, 0.6) is 5.75 Å². The first-order chi connectivity index (χ1) is 14.5. The number of ether oxygens (including phenoxy) is 1. The summed E-state index contributed by atoms with van der Waals surface area (Å²) in [4.78, 5) is 36.6. The van der Waals surface area contributed by atoms with Crippen LogP contribution in [-0.4, -0.2) is 34.7 Å². The summed E-state index contributed by atoms with van der Waals surface area (Å²) in [5.41, 5.74) is 1.23. The fourth-order valence-electron chi connectivity index (χ4n) is 3.95. The van der Waals surface area contributed by atoms with E-state index in [2.05, 4.69) is 5.32 Å². The number of piperidine rings is 1. The highest BCUT2D eigenvalue weighted by Gasteiger charge is 2.30. The Labute approximate surface area is 176 Å². The van der Waals surface area contributed by atoms with Crippen molar-refractivity contribution in [3.05, 3.63) is 40.2 Å². The summed E-state index contributed by atoms with van der Waals surface area (Å²) in [6, 6.07) is 6.44. The zero-order valence-electron chi connectivity index (χ0n) is 17.5. The van der Waals surface area contributed by atoms with Crippen molar-refractivity contribution in [2.24, 2.45) is 0 Å². The molecule has 7 nitrogen and oxygen atoms in total. The molecule has 2 aromatic rings. The van der Waals surface area contributed by atoms with Crippen LogP contribution >= 0.6 is 0 Å². The van der Waals surface area contributed by atoms with Crippen LogP contribution in [0.1, 0.15) is 63.0 Å². The Morgan fingerprint density at radius 3 is 2.53 bits per heavy atom. The van der Waals surface area contributed by atoms with Crippen LogP contribution in [0.15, 0.2) is 29.1 Å². The Morgan fingerprint density at radius 1 is 1.07 bits per heavy atom. The maximum atomic E-state index is 12.7. The number of aryl methyl sites for hydroxylation is 1. The van der Waals surface area contributed by atoms with Crippen LogP contribution in [0, 0.1) is 6.92 Å². The summed E-state index contributed by atoms with van der Waals surface area (Å²) in [5.74, 6) is -0.0825. The average molecular weight is 415 g/mol. The Bertz CT molecular complexity index is 966. The van der Waals surface area contributed by atoms with Gasteiger partial charge in [-0.2, -0.15) is 0 Å². The molecule has 1 aliphatic rings. The molecule has 162 valence electrons. The van der Waals surface area contributed by atoms with E-state index in [1.807, 2.05) is 25.1 Å². The lowest BCUT2D eigenvalue weighted by Gasteiger charge is -2.25. The number of aliphatic hydroxyl groups excluding tert-OH is 1. The van der Waals surface area contributed by atoms with Gasteiger partial charge < -0.3 is 9.84 Å². The smallest absolute Gasteiger partial charge is 0.252 e. The highest BCUT2D eigenvalue weighted by Crippen LogP contribution is 2.27. The standard InChI is InChI=1S/C23H30N2O5/c1-16-14-22(28)25(19-10-11-21(27)24-23(19)29)20-15-17(8-9-18(16)20)30-13-7-5-3-2-4-6-12-26/h8-9,14-15,19,26H,2-7,10-13H2,1H3,(H,24,27,29). The fourth-order valence-corrected chi connectivity index (χ4v) is 3.95. The molecule has 7 heteroatoms. The van der Waals surface area contributed by atoms with Gasteiger partial charge in [-0.05, 0) is 43.9 Å². The van der Waals surface area contributed by atoms with Crippen molar-refractivity contribution in [3.8, 4) is 5.75 Å². The molecule has 2 N–H and O–H groups in total. The first-order valence-electron chi connectivity index (χ1n) is 10.7. The summed E-state index contributed by atoms with van der Waals surface area (Å²) in [5, 5.41) is 12.0. The lowest BCUT2D eigenvalue weighted by atomic mass is 10.0. The van der Waals surface area contributed by atoms with Crippen molar-refractivity contribution in [2.75, 3.05) is 13.2 Å². The number of aromatic nitrogens is 1. The number of hydrogen-bond acceptors (Lipinski definition) is 5. The van der Waals surface area contributed by atoms with Crippen LogP contribution in [0.3, 0.4) is 0 Å². The third-order valence-electron chi connectivity index (χ3n) is 5.57. The monoisotopic (exact) mass is 414 g/mol. The van der Waals surface area contributed by atoms with Gasteiger partial charge >= 0.3 is 0 Å². The number of benzene rings is 1. The second-order valence-electron chi connectivity index (χ2n) is 7.87. The van der Waals surface area contributed by atoms with Crippen LogP contribution in [0.25, 0.3) is 10.9 Å². The van der Waals surface area contributed by atoms with Crippen LogP contribution in [0.4, 0.5) is 0 Å². The quantitative estimate of drug-likeness (QED) is 0.460. The number of nitrogens with one attached hydrogen (secondary N) is 1. The van der Waals surface area contributed by atoms with Crippen LogP contribution in [0.2, 0.25) is 0 Å². The Kier molecular flexibility index (Phi) is 7.63. The average Bonchev–Trinajstić information content (AvgIpc) is 2.71. The van der Waals surface area contributed by atoms with Gasteiger partial charge in [0.05, 0.1) is 12.1 Å². The molecule has 0 spiro atoms. The van der Waals surface area contributed by atoms with E-state index in [0.29, 0.717) is 24.3 Å². The van der Waals surface area contributed by atoms with Crippen molar-refractivity contribution in [1.29, 1.82) is 0 Å². The van der Waals surface area contributed by atoms with Gasteiger partial charge in [0.25, 0.3) is 5.56 Å². The number of carbonyl (C=O) groups is 2. The minimum absolute atomic E-state index is 0.215. The zero-order valence-corrected chi connectivity index (χ0v) is 17.5. The van der Waals surface area contributed by atoms with E-state index in [4.69, 9.17) is 9.84 Å². The van der Waals surface area contributed by atoms with Crippen molar-refractivity contribution in [2.45, 2.75) is 64.3 Å². The van der Waals surface area contributed by atoms with E-state index in [1.54, 1.807) is 0 Å². The van der Waals surface area contributed by atoms with Gasteiger partial charge in [-0.1, -0.05) is 25.7 Å². The molecule has 0 saturated carbocycles. The third kappa shape index (κ3) is 5.27. The molecule has 3 rings (SSSR count). The van der Waals surface area contributed by atoms with Crippen molar-refractivity contribution < 1.29 is 19.4 Å². The molecule has 1 unspecified atom stereocenters. The largest absolute Gasteiger partial charge is 0.494 e. The minimum atomic E-state index is -0.701. The predicted molar refractivity (Wildman–Crippen MR) is 115 cm³/mol. The fraction of sp³-hybridized carbons (Fsp3) is 0.522. The summed E-state index contributed by atoms with van der Waals surface area (Å²) in [7, 11) is 0. The molecule has 2 heterocycles. The molecule has 1 saturated heterocycles. The molecule has 1 aliphatic heterocycles. The second-order valence-corrected chi connectivity index (χ2v) is 7.87. The van der Waals surface area contributed by atoms with E-state index in [9.17, 15) is 14.4 Å². The van der Waals surface area contributed by atoms with Gasteiger partial charge in [0.1, 0.15) is 11.8 Å². The Morgan fingerprint density at radius 2 is 1.80 bits per heavy atom. The Hall–Kier alpha value is -2.67. The third-order valence-corrected chi connectivity index (χ3v) is 5.57. The highest BCUT2D eigenvalue weighted by atomic mass is 16.5. The lowest BCUT2D eigenvalue weighted by molar-refractivity contribution is -0.135. The molecule has 0 radical (unpaired) electrons. The molecule has 0 bridgehead atoms. The molecular formula is C23H30N2O5. The summed E-state index contributed by atoms with van der Waals surface area (Å²) in [6.45, 7) is 2.71. The summed E-state index contributed by atoms with van der Waals surface area (Å²) < 4.78 is 7.38. The molecule has 1 aromatic heterocycles. The highest BCUT2D eigenvalue weighted by molar-refractivity contribution is 6.00. The number of imide groups is 1. The van der Waals surface area contributed by atoms with Gasteiger partial charge in [-0.3, -0.25) is 24.3 Å². The van der Waals surface area contributed by atoms with E-state index in [-0.39, 0.29) is 24.5 Å². The summed E-state index contributed by atoms with van der Waals surface area (Å²) >= 11 is 0. The van der Waals surface area contributed by atoms with Gasteiger partial charge in [-0.15, -0.1) is 0 Å². The van der Waals surface area contributed by atoms with Gasteiger partial charge in [0.15, 0.2) is 0 Å². The predicted octanol–water partition coefficient (Wildman–Crippen LogP) is 3.00. The van der Waals surface area contributed by atoms with Crippen LogP contribution in [-0.2, 0) is 9.59 Å². The lowest BCUT2D eigenvalue weighted by Crippen LogP contribution is -2.44. The second kappa shape index (κ2) is 10.4. The number of pyridine rings is 1. The van der Waals surface area contributed by atoms with Crippen molar-refractivity contribution in [1.82, 2.24) is 9.88 Å². The van der Waals surface area contributed by atoms with E-state index >= 15 is 0 Å². The van der Waals surface area contributed by atoms with Crippen molar-refractivity contribution in [3.63, 3.8) is 0 Å². The molecule has 0 aliphatic carbocycles. The molecule has 30 heavy (non-hydrogen) atoms. The van der Waals surface area contributed by atoms with E-state index < -0.39 is 11.9 Å². The Balaban J connectivity index is 1.73. The number of aliphatic hydroxyl groups is 1. The number of nitrogens with zero attached hydrogens (tertiary/aromatic N) is 1.